The first kappa shape index (κ1) is 14.2. The van der Waals surface area contributed by atoms with Crippen molar-refractivity contribution in [3.63, 3.8) is 0 Å². The number of halogens is 8. The van der Waals surface area contributed by atoms with Crippen molar-refractivity contribution in [1.82, 2.24) is 0 Å². The van der Waals surface area contributed by atoms with Crippen molar-refractivity contribution in [3.05, 3.63) is 11.5 Å². The molecule has 0 saturated carbocycles. The Hall–Kier alpha value is -1.22. The second kappa shape index (κ2) is 3.66. The van der Waals surface area contributed by atoms with Gasteiger partial charge in [-0.3, -0.25) is 0 Å². The van der Waals surface area contributed by atoms with Gasteiger partial charge in [-0.1, -0.05) is 0 Å². The summed E-state index contributed by atoms with van der Waals surface area (Å²) in [5.41, 5.74) is 0. The molecule has 2 nitrogen and oxygen atoms in total. The van der Waals surface area contributed by atoms with Gasteiger partial charge in [-0.15, -0.1) is 0 Å². The summed E-state index contributed by atoms with van der Waals surface area (Å²) in [5.74, 6) is -28.2. The van der Waals surface area contributed by atoms with E-state index in [1.54, 1.807) is 0 Å². The Kier molecular flexibility index (Phi) is 2.74. The summed E-state index contributed by atoms with van der Waals surface area (Å²) in [6.45, 7) is -1.24. The quantitative estimate of drug-likeness (QED) is 0.639. The number of hydrogen-bond acceptors (Lipinski definition) is 2. The lowest BCUT2D eigenvalue weighted by atomic mass is 9.89. The van der Waals surface area contributed by atoms with Crippen LogP contribution in [0.2, 0.25) is 0 Å². The lowest BCUT2D eigenvalue weighted by molar-refractivity contribution is -0.373. The molecule has 0 aromatic carbocycles. The van der Waals surface area contributed by atoms with Gasteiger partial charge in [-0.2, -0.15) is 35.1 Å². The molecule has 0 radical (unpaired) electrons. The van der Waals surface area contributed by atoms with Crippen molar-refractivity contribution >= 4 is 0 Å². The van der Waals surface area contributed by atoms with Crippen LogP contribution in [0.1, 0.15) is 6.42 Å². The monoisotopic (exact) mass is 298 g/mol. The van der Waals surface area contributed by atoms with Crippen LogP contribution in [0.3, 0.4) is 0 Å². The highest BCUT2D eigenvalue weighted by Gasteiger charge is 2.88. The molecule has 1 aliphatic heterocycles. The zero-order valence-electron chi connectivity index (χ0n) is 8.96. The highest BCUT2D eigenvalue weighted by molar-refractivity contribution is 5.33. The van der Waals surface area contributed by atoms with Gasteiger partial charge in [-0.25, -0.2) is 0 Å². The fourth-order valence-electron chi connectivity index (χ4n) is 1.68. The number of allylic oxidation sites excluding steroid dienone is 2. The lowest BCUT2D eigenvalue weighted by Crippen LogP contribution is -2.67. The summed E-state index contributed by atoms with van der Waals surface area (Å²) >= 11 is 0. The molecule has 0 spiro atoms. The zero-order chi connectivity index (χ0) is 14.7. The summed E-state index contributed by atoms with van der Waals surface area (Å²) in [5, 5.41) is 0. The molecular weight excluding hydrogens is 292 g/mol. The van der Waals surface area contributed by atoms with E-state index < -0.39 is 48.4 Å². The van der Waals surface area contributed by atoms with E-state index in [0.717, 1.165) is 0 Å². The van der Waals surface area contributed by atoms with Gasteiger partial charge in [0.05, 0.1) is 13.2 Å². The Morgan fingerprint density at radius 2 is 0.947 bits per heavy atom. The average molecular weight is 298 g/mol. The largest absolute Gasteiger partial charge is 0.488 e. The van der Waals surface area contributed by atoms with Gasteiger partial charge in [0.2, 0.25) is 11.5 Å². The Labute approximate surface area is 101 Å². The van der Waals surface area contributed by atoms with Gasteiger partial charge in [-0.05, 0) is 0 Å². The Bertz CT molecular complexity index is 390. The first-order valence-electron chi connectivity index (χ1n) is 5.00. The third-order valence-electron chi connectivity index (χ3n) is 2.74. The number of rotatable bonds is 0. The van der Waals surface area contributed by atoms with E-state index in [1.807, 2.05) is 0 Å². The molecule has 0 unspecified atom stereocenters. The van der Waals surface area contributed by atoms with Crippen LogP contribution in [-0.4, -0.2) is 36.9 Å². The predicted octanol–water partition coefficient (Wildman–Crippen LogP) is 3.19. The van der Waals surface area contributed by atoms with E-state index in [-0.39, 0.29) is 6.42 Å². The summed E-state index contributed by atoms with van der Waals surface area (Å²) in [6.07, 6.45) is -0.184. The molecule has 0 amide bonds. The van der Waals surface area contributed by atoms with Gasteiger partial charge >= 0.3 is 23.7 Å². The Morgan fingerprint density at radius 3 is 1.26 bits per heavy atom. The minimum atomic E-state index is -6.30. The normalized spacial score (nSPS) is 30.7. The minimum absolute atomic E-state index is 0.184. The number of ether oxygens (including phenoxy) is 2. The van der Waals surface area contributed by atoms with Gasteiger partial charge in [0.15, 0.2) is 0 Å². The molecule has 2 aliphatic rings. The predicted molar refractivity (Wildman–Crippen MR) is 43.3 cm³/mol. The van der Waals surface area contributed by atoms with Crippen molar-refractivity contribution in [2.75, 3.05) is 13.2 Å². The number of hydrogen-bond donors (Lipinski definition) is 0. The smallest absolute Gasteiger partial charge is 0.386 e. The molecule has 2 rings (SSSR count). The molecule has 0 N–H and O–H groups in total. The van der Waals surface area contributed by atoms with Crippen LogP contribution in [-0.2, 0) is 9.47 Å². The molecule has 0 saturated heterocycles. The molecule has 10 heteroatoms. The standard InChI is InChI=1S/C9H6F8O2/c10-6(11)4-5(19-3-1-2-18-4)7(12,13)9(16,17)8(6,14)15/h1-3H2. The summed E-state index contributed by atoms with van der Waals surface area (Å²) in [4.78, 5) is 0. The topological polar surface area (TPSA) is 18.5 Å². The second-order valence-corrected chi connectivity index (χ2v) is 4.01. The van der Waals surface area contributed by atoms with Crippen molar-refractivity contribution < 1.29 is 44.6 Å². The van der Waals surface area contributed by atoms with Gasteiger partial charge in [0.25, 0.3) is 0 Å². The first-order chi connectivity index (χ1) is 8.48. The molecule has 0 aromatic heterocycles. The minimum Gasteiger partial charge on any atom is -0.488 e. The highest BCUT2D eigenvalue weighted by Crippen LogP contribution is 2.62. The maximum atomic E-state index is 13.3. The fourth-order valence-corrected chi connectivity index (χ4v) is 1.68. The molecule has 0 aromatic rings. The third-order valence-corrected chi connectivity index (χ3v) is 2.74. The van der Waals surface area contributed by atoms with Crippen LogP contribution in [0.4, 0.5) is 35.1 Å². The molecule has 0 bridgehead atoms. The van der Waals surface area contributed by atoms with E-state index in [4.69, 9.17) is 0 Å². The number of alkyl halides is 8. The molecule has 19 heavy (non-hydrogen) atoms. The second-order valence-electron chi connectivity index (χ2n) is 4.01. The van der Waals surface area contributed by atoms with Crippen LogP contribution in [0.15, 0.2) is 11.5 Å². The van der Waals surface area contributed by atoms with E-state index >= 15 is 0 Å². The van der Waals surface area contributed by atoms with E-state index in [2.05, 4.69) is 9.47 Å². The van der Waals surface area contributed by atoms with Crippen molar-refractivity contribution in [1.29, 1.82) is 0 Å². The highest BCUT2D eigenvalue weighted by atomic mass is 19.4. The lowest BCUT2D eigenvalue weighted by Gasteiger charge is -2.41. The molecule has 1 aliphatic carbocycles. The molecule has 1 heterocycles. The molecule has 0 atom stereocenters. The van der Waals surface area contributed by atoms with Crippen LogP contribution in [0.25, 0.3) is 0 Å². The van der Waals surface area contributed by atoms with Crippen molar-refractivity contribution in [3.8, 4) is 0 Å². The van der Waals surface area contributed by atoms with Crippen molar-refractivity contribution in [2.24, 2.45) is 0 Å². The van der Waals surface area contributed by atoms with Crippen molar-refractivity contribution in [2.45, 2.75) is 30.1 Å². The first-order valence-corrected chi connectivity index (χ1v) is 5.00. The average Bonchev–Trinajstić information content (AvgIpc) is 2.52. The Morgan fingerprint density at radius 1 is 0.632 bits per heavy atom. The molecular formula is C9H6F8O2. The SMILES string of the molecule is FC1(F)C2=C(OCCCO2)C(F)(F)C(F)(F)C1(F)F. The molecule has 110 valence electrons. The maximum absolute atomic E-state index is 13.3. The van der Waals surface area contributed by atoms with Crippen LogP contribution >= 0.6 is 0 Å². The summed E-state index contributed by atoms with van der Waals surface area (Å²) < 4.78 is 113. The van der Waals surface area contributed by atoms with E-state index in [1.165, 1.54) is 0 Å². The summed E-state index contributed by atoms with van der Waals surface area (Å²) in [7, 11) is 0. The van der Waals surface area contributed by atoms with Gasteiger partial charge in [0.1, 0.15) is 0 Å². The van der Waals surface area contributed by atoms with Crippen LogP contribution in [0, 0.1) is 0 Å². The zero-order valence-corrected chi connectivity index (χ0v) is 8.96. The Balaban J connectivity index is 2.72. The maximum Gasteiger partial charge on any atom is 0.386 e. The van der Waals surface area contributed by atoms with Gasteiger partial charge in [0, 0.05) is 6.42 Å². The summed E-state index contributed by atoms with van der Waals surface area (Å²) in [6, 6.07) is 0. The van der Waals surface area contributed by atoms with Crippen LogP contribution < -0.4 is 0 Å². The van der Waals surface area contributed by atoms with E-state index in [9.17, 15) is 35.1 Å². The van der Waals surface area contributed by atoms with E-state index in [0.29, 0.717) is 0 Å². The fraction of sp³-hybridized carbons (Fsp3) is 0.778. The van der Waals surface area contributed by atoms with Crippen LogP contribution in [0.5, 0.6) is 0 Å². The molecule has 0 fully saturated rings. The third kappa shape index (κ3) is 1.48. The van der Waals surface area contributed by atoms with Gasteiger partial charge < -0.3 is 9.47 Å².